The molecular weight excluding hydrogens is 392 g/mol. The van der Waals surface area contributed by atoms with Gasteiger partial charge >= 0.3 is 0 Å². The number of pyridine rings is 1. The van der Waals surface area contributed by atoms with E-state index in [1.165, 1.54) is 28.8 Å². The van der Waals surface area contributed by atoms with Crippen LogP contribution >= 0.6 is 23.1 Å². The molecule has 0 aromatic carbocycles. The Labute approximate surface area is 169 Å². The van der Waals surface area contributed by atoms with Crippen molar-refractivity contribution in [2.45, 2.75) is 36.6 Å². The minimum absolute atomic E-state index is 0.0236. The lowest BCUT2D eigenvalue weighted by molar-refractivity contribution is 0.670. The first-order valence-corrected chi connectivity index (χ1v) is 11.0. The molecule has 0 bridgehead atoms. The average molecular weight is 411 g/mol. The molecule has 1 aliphatic rings. The highest BCUT2D eigenvalue weighted by molar-refractivity contribution is 7.98. The number of hydrogen-bond donors (Lipinski definition) is 0. The lowest BCUT2D eigenvalue weighted by Gasteiger charge is -2.10. The van der Waals surface area contributed by atoms with E-state index in [9.17, 15) is 4.79 Å². The van der Waals surface area contributed by atoms with Crippen LogP contribution in [0.15, 0.2) is 40.5 Å². The average Bonchev–Trinajstić information content (AvgIpc) is 3.27. The number of hydrogen-bond acceptors (Lipinski definition) is 7. The number of thiazole rings is 1. The Morgan fingerprint density at radius 1 is 1.18 bits per heavy atom. The molecule has 0 aliphatic heterocycles. The first-order valence-electron chi connectivity index (χ1n) is 9.16. The molecule has 0 fully saturated rings. The monoisotopic (exact) mass is 410 g/mol. The van der Waals surface area contributed by atoms with Crippen molar-refractivity contribution in [2.24, 2.45) is 7.05 Å². The number of rotatable bonds is 4. The van der Waals surface area contributed by atoms with Crippen molar-refractivity contribution in [3.63, 3.8) is 0 Å². The third kappa shape index (κ3) is 3.04. The minimum Gasteiger partial charge on any atom is -0.305 e. The van der Waals surface area contributed by atoms with Gasteiger partial charge in [0.25, 0.3) is 5.56 Å². The zero-order valence-corrected chi connectivity index (χ0v) is 17.0. The molecule has 9 heteroatoms. The third-order valence-electron chi connectivity index (χ3n) is 4.94. The summed E-state index contributed by atoms with van der Waals surface area (Å²) in [7, 11) is 1.94. The highest BCUT2D eigenvalue weighted by Crippen LogP contribution is 2.29. The second-order valence-electron chi connectivity index (χ2n) is 6.77. The fraction of sp³-hybridized carbons (Fsp3) is 0.316. The molecule has 1 aliphatic carbocycles. The number of aromatic nitrogens is 6. The summed E-state index contributed by atoms with van der Waals surface area (Å²) in [6, 6.07) is 5.47. The molecule has 28 heavy (non-hydrogen) atoms. The topological polar surface area (TPSA) is 78.0 Å². The van der Waals surface area contributed by atoms with Crippen LogP contribution in [0.2, 0.25) is 0 Å². The molecule has 4 aromatic rings. The minimum atomic E-state index is 0.0236. The molecule has 142 valence electrons. The van der Waals surface area contributed by atoms with E-state index in [1.54, 1.807) is 34.2 Å². The van der Waals surface area contributed by atoms with Crippen molar-refractivity contribution in [3.8, 4) is 11.4 Å². The van der Waals surface area contributed by atoms with Crippen LogP contribution in [0.3, 0.4) is 0 Å². The van der Waals surface area contributed by atoms with E-state index in [-0.39, 0.29) is 5.56 Å². The van der Waals surface area contributed by atoms with Gasteiger partial charge in [-0.15, -0.1) is 21.5 Å². The largest absolute Gasteiger partial charge is 0.305 e. The smallest absolute Gasteiger partial charge is 0.259 e. The molecule has 0 spiro atoms. The Balaban J connectivity index is 1.41. The number of thioether (sulfide) groups is 1. The third-order valence-corrected chi connectivity index (χ3v) is 7.13. The van der Waals surface area contributed by atoms with E-state index in [1.807, 2.05) is 23.7 Å². The van der Waals surface area contributed by atoms with Crippen molar-refractivity contribution in [1.82, 2.24) is 29.1 Å². The van der Waals surface area contributed by atoms with Crippen molar-refractivity contribution >= 4 is 28.1 Å². The molecule has 0 amide bonds. The Morgan fingerprint density at radius 2 is 2.00 bits per heavy atom. The maximum Gasteiger partial charge on any atom is 0.259 e. The summed E-state index contributed by atoms with van der Waals surface area (Å²) in [4.78, 5) is 23.6. The standard InChI is InChI=1S/C19H18N6OS2/c1-24-17(12-6-8-20-9-7-12)22-23-19(24)27-11-13-10-16(26)25-14-4-2-3-5-15(14)28-18(25)21-13/h6-10H,2-5,11H2,1H3. The van der Waals surface area contributed by atoms with Gasteiger partial charge in [0.1, 0.15) is 0 Å². The van der Waals surface area contributed by atoms with Gasteiger partial charge in [-0.25, -0.2) is 4.98 Å². The summed E-state index contributed by atoms with van der Waals surface area (Å²) in [5.74, 6) is 1.37. The fourth-order valence-corrected chi connectivity index (χ4v) is 5.58. The summed E-state index contributed by atoms with van der Waals surface area (Å²) in [5.41, 5.74) is 2.94. The molecule has 4 aromatic heterocycles. The van der Waals surface area contributed by atoms with E-state index in [4.69, 9.17) is 4.98 Å². The summed E-state index contributed by atoms with van der Waals surface area (Å²) < 4.78 is 3.76. The van der Waals surface area contributed by atoms with Gasteiger partial charge in [0.15, 0.2) is 15.9 Å². The van der Waals surface area contributed by atoms with Crippen LogP contribution in [0.1, 0.15) is 29.1 Å². The van der Waals surface area contributed by atoms with Gasteiger partial charge in [-0.2, -0.15) is 0 Å². The molecule has 4 heterocycles. The van der Waals surface area contributed by atoms with Gasteiger partial charge in [-0.1, -0.05) is 11.8 Å². The van der Waals surface area contributed by atoms with Crippen LogP contribution in [0.4, 0.5) is 0 Å². The Kier molecular flexibility index (Phi) is 4.48. The molecule has 0 N–H and O–H groups in total. The highest BCUT2D eigenvalue weighted by Gasteiger charge is 2.19. The van der Waals surface area contributed by atoms with Crippen LogP contribution in [0.5, 0.6) is 0 Å². The summed E-state index contributed by atoms with van der Waals surface area (Å²) >= 11 is 3.19. The molecule has 0 unspecified atom stereocenters. The predicted molar refractivity (Wildman–Crippen MR) is 110 cm³/mol. The van der Waals surface area contributed by atoms with E-state index in [2.05, 4.69) is 15.2 Å². The quantitative estimate of drug-likeness (QED) is 0.481. The first-order chi connectivity index (χ1) is 13.7. The molecule has 0 atom stereocenters. The van der Waals surface area contributed by atoms with Gasteiger partial charge in [0, 0.05) is 47.4 Å². The normalized spacial score (nSPS) is 13.8. The molecule has 0 radical (unpaired) electrons. The number of fused-ring (bicyclic) bond motifs is 3. The second kappa shape index (κ2) is 7.14. The first kappa shape index (κ1) is 17.6. The Bertz CT molecular complexity index is 1210. The van der Waals surface area contributed by atoms with Gasteiger partial charge < -0.3 is 4.57 Å². The van der Waals surface area contributed by atoms with E-state index < -0.39 is 0 Å². The second-order valence-corrected chi connectivity index (χ2v) is 8.78. The van der Waals surface area contributed by atoms with Crippen LogP contribution in [0.25, 0.3) is 16.3 Å². The van der Waals surface area contributed by atoms with Crippen molar-refractivity contribution in [3.05, 3.63) is 57.2 Å². The van der Waals surface area contributed by atoms with Gasteiger partial charge in [0.2, 0.25) is 0 Å². The maximum atomic E-state index is 12.7. The Hall–Kier alpha value is -2.52. The highest BCUT2D eigenvalue weighted by atomic mass is 32.2. The van der Waals surface area contributed by atoms with Gasteiger partial charge in [0.05, 0.1) is 5.69 Å². The zero-order valence-electron chi connectivity index (χ0n) is 15.3. The molecule has 7 nitrogen and oxygen atoms in total. The predicted octanol–water partition coefficient (Wildman–Crippen LogP) is 3.12. The van der Waals surface area contributed by atoms with Crippen LogP contribution in [0, 0.1) is 0 Å². The van der Waals surface area contributed by atoms with E-state index in [0.717, 1.165) is 46.5 Å². The number of nitrogens with zero attached hydrogens (tertiary/aromatic N) is 6. The van der Waals surface area contributed by atoms with Crippen molar-refractivity contribution in [2.75, 3.05) is 0 Å². The van der Waals surface area contributed by atoms with Gasteiger partial charge in [-0.3, -0.25) is 14.2 Å². The van der Waals surface area contributed by atoms with E-state index in [0.29, 0.717) is 5.75 Å². The summed E-state index contributed by atoms with van der Waals surface area (Å²) in [6.45, 7) is 0. The summed E-state index contributed by atoms with van der Waals surface area (Å²) in [5, 5.41) is 9.37. The lowest BCUT2D eigenvalue weighted by atomic mass is 10.0. The maximum absolute atomic E-state index is 12.7. The number of aryl methyl sites for hydroxylation is 2. The van der Waals surface area contributed by atoms with Crippen LogP contribution in [-0.4, -0.2) is 29.1 Å². The molecule has 0 saturated heterocycles. The van der Waals surface area contributed by atoms with Crippen molar-refractivity contribution < 1.29 is 0 Å². The zero-order chi connectivity index (χ0) is 19.1. The summed E-state index contributed by atoms with van der Waals surface area (Å²) in [6.07, 6.45) is 7.86. The van der Waals surface area contributed by atoms with Crippen LogP contribution in [-0.2, 0) is 25.6 Å². The van der Waals surface area contributed by atoms with E-state index >= 15 is 0 Å². The lowest BCUT2D eigenvalue weighted by Crippen LogP contribution is -2.17. The van der Waals surface area contributed by atoms with Crippen LogP contribution < -0.4 is 5.56 Å². The SMILES string of the molecule is Cn1c(SCc2cc(=O)n3c4c(sc3n2)CCCC4)nnc1-c1ccncc1. The van der Waals surface area contributed by atoms with Crippen molar-refractivity contribution in [1.29, 1.82) is 0 Å². The molecule has 0 saturated carbocycles. The fourth-order valence-electron chi connectivity index (χ4n) is 3.55. The molecular formula is C19H18N6OS2. The molecule has 5 rings (SSSR count). The Morgan fingerprint density at radius 3 is 2.86 bits per heavy atom. The van der Waals surface area contributed by atoms with Gasteiger partial charge in [-0.05, 0) is 37.8 Å².